The lowest BCUT2D eigenvalue weighted by atomic mass is 9.99. The molecule has 3 aromatic carbocycles. The standard InChI is InChI=1S/C29H31N3O5/c1-19(2)17-30-28(34)25-26(37-29(35)32(25)18-20-9-5-4-6-10-20)21-11-7-13-23(15-21)31-27(33)22-12-8-14-24(16-22)36-3/h4-16,19,25-26H,17-18H2,1-3H3,(H,30,34)(H,31,33). The summed E-state index contributed by atoms with van der Waals surface area (Å²) in [6.45, 7) is 4.73. The first-order chi connectivity index (χ1) is 17.9. The number of ether oxygens (including phenoxy) is 2. The van der Waals surface area contributed by atoms with E-state index in [9.17, 15) is 14.4 Å². The van der Waals surface area contributed by atoms with Gasteiger partial charge in [-0.15, -0.1) is 0 Å². The number of carbonyl (C=O) groups is 3. The highest BCUT2D eigenvalue weighted by Gasteiger charge is 2.47. The summed E-state index contributed by atoms with van der Waals surface area (Å²) >= 11 is 0. The lowest BCUT2D eigenvalue weighted by Crippen LogP contribution is -2.47. The van der Waals surface area contributed by atoms with Crippen molar-refractivity contribution in [3.8, 4) is 5.75 Å². The van der Waals surface area contributed by atoms with E-state index in [-0.39, 0.29) is 24.3 Å². The minimum atomic E-state index is -0.865. The predicted molar refractivity (Wildman–Crippen MR) is 140 cm³/mol. The zero-order valence-electron chi connectivity index (χ0n) is 21.1. The number of hydrogen-bond donors (Lipinski definition) is 2. The van der Waals surface area contributed by atoms with Crippen LogP contribution in [0.5, 0.6) is 5.75 Å². The Morgan fingerprint density at radius 3 is 2.49 bits per heavy atom. The third kappa shape index (κ3) is 6.27. The smallest absolute Gasteiger partial charge is 0.411 e. The fourth-order valence-corrected chi connectivity index (χ4v) is 4.16. The lowest BCUT2D eigenvalue weighted by Gasteiger charge is -2.25. The van der Waals surface area contributed by atoms with Crippen LogP contribution in [0.1, 0.15) is 41.4 Å². The van der Waals surface area contributed by atoms with E-state index in [1.807, 2.05) is 44.2 Å². The van der Waals surface area contributed by atoms with Crippen molar-refractivity contribution >= 4 is 23.6 Å². The van der Waals surface area contributed by atoms with Crippen LogP contribution in [-0.4, -0.2) is 42.5 Å². The van der Waals surface area contributed by atoms with Crippen LogP contribution >= 0.6 is 0 Å². The zero-order chi connectivity index (χ0) is 26.4. The number of nitrogens with one attached hydrogen (secondary N) is 2. The van der Waals surface area contributed by atoms with Gasteiger partial charge in [0.1, 0.15) is 5.75 Å². The van der Waals surface area contributed by atoms with E-state index >= 15 is 0 Å². The van der Waals surface area contributed by atoms with Gasteiger partial charge in [-0.3, -0.25) is 14.5 Å². The maximum atomic E-state index is 13.3. The van der Waals surface area contributed by atoms with Gasteiger partial charge in [-0.2, -0.15) is 0 Å². The molecule has 2 unspecified atom stereocenters. The number of benzene rings is 3. The largest absolute Gasteiger partial charge is 0.497 e. The fraction of sp³-hybridized carbons (Fsp3) is 0.276. The molecular weight excluding hydrogens is 470 g/mol. The molecule has 0 spiro atoms. The van der Waals surface area contributed by atoms with Crippen molar-refractivity contribution in [2.75, 3.05) is 19.0 Å². The molecule has 3 aromatic rings. The minimum absolute atomic E-state index is 0.238. The molecule has 0 aromatic heterocycles. The first kappa shape index (κ1) is 25.8. The molecule has 3 amide bonds. The number of hydrogen-bond acceptors (Lipinski definition) is 5. The summed E-state index contributed by atoms with van der Waals surface area (Å²) in [6.07, 6.45) is -1.40. The summed E-state index contributed by atoms with van der Waals surface area (Å²) in [4.78, 5) is 40.6. The van der Waals surface area contributed by atoms with Crippen molar-refractivity contribution in [3.63, 3.8) is 0 Å². The molecule has 8 heteroatoms. The molecule has 1 saturated heterocycles. The molecule has 1 fully saturated rings. The minimum Gasteiger partial charge on any atom is -0.497 e. The van der Waals surface area contributed by atoms with E-state index in [2.05, 4.69) is 10.6 Å². The Morgan fingerprint density at radius 1 is 1.00 bits per heavy atom. The zero-order valence-corrected chi connectivity index (χ0v) is 21.1. The quantitative estimate of drug-likeness (QED) is 0.440. The van der Waals surface area contributed by atoms with Gasteiger partial charge in [0.25, 0.3) is 5.91 Å². The second kappa shape index (κ2) is 11.6. The second-order valence-electron chi connectivity index (χ2n) is 9.31. The van der Waals surface area contributed by atoms with Crippen molar-refractivity contribution < 1.29 is 23.9 Å². The van der Waals surface area contributed by atoms with Gasteiger partial charge in [-0.25, -0.2) is 4.79 Å². The third-order valence-electron chi connectivity index (χ3n) is 6.04. The van der Waals surface area contributed by atoms with Crippen molar-refractivity contribution in [2.24, 2.45) is 5.92 Å². The van der Waals surface area contributed by atoms with Gasteiger partial charge in [-0.1, -0.05) is 62.4 Å². The molecule has 192 valence electrons. The highest BCUT2D eigenvalue weighted by atomic mass is 16.6. The van der Waals surface area contributed by atoms with E-state index in [0.717, 1.165) is 5.56 Å². The van der Waals surface area contributed by atoms with Gasteiger partial charge < -0.3 is 20.1 Å². The molecule has 0 bridgehead atoms. The molecule has 37 heavy (non-hydrogen) atoms. The molecule has 0 saturated carbocycles. The number of amides is 3. The van der Waals surface area contributed by atoms with Crippen LogP contribution in [0.2, 0.25) is 0 Å². The van der Waals surface area contributed by atoms with Crippen molar-refractivity contribution in [3.05, 3.63) is 95.6 Å². The summed E-state index contributed by atoms with van der Waals surface area (Å²) in [5, 5.41) is 5.82. The molecule has 4 rings (SSSR count). The predicted octanol–water partition coefficient (Wildman–Crippen LogP) is 4.78. The summed E-state index contributed by atoms with van der Waals surface area (Å²) in [7, 11) is 1.54. The van der Waals surface area contributed by atoms with Gasteiger partial charge in [-0.05, 0) is 47.4 Å². The average Bonchev–Trinajstić information content (AvgIpc) is 3.23. The Bertz CT molecular complexity index is 1260. The monoisotopic (exact) mass is 501 g/mol. The molecule has 0 aliphatic carbocycles. The number of cyclic esters (lactones) is 1. The number of nitrogens with zero attached hydrogens (tertiary/aromatic N) is 1. The molecule has 8 nitrogen and oxygen atoms in total. The highest BCUT2D eigenvalue weighted by molar-refractivity contribution is 6.04. The first-order valence-corrected chi connectivity index (χ1v) is 12.2. The van der Waals surface area contributed by atoms with E-state index in [4.69, 9.17) is 9.47 Å². The van der Waals surface area contributed by atoms with Crippen LogP contribution in [-0.2, 0) is 16.1 Å². The van der Waals surface area contributed by atoms with Gasteiger partial charge in [0.05, 0.1) is 13.7 Å². The Labute approximate surface area is 216 Å². The second-order valence-corrected chi connectivity index (χ2v) is 9.31. The lowest BCUT2D eigenvalue weighted by molar-refractivity contribution is -0.126. The van der Waals surface area contributed by atoms with Crippen LogP contribution in [0.15, 0.2) is 78.9 Å². The number of carbonyl (C=O) groups excluding carboxylic acids is 3. The van der Waals surface area contributed by atoms with Crippen LogP contribution in [0.25, 0.3) is 0 Å². The molecule has 2 N–H and O–H groups in total. The first-order valence-electron chi connectivity index (χ1n) is 12.2. The van der Waals surface area contributed by atoms with E-state index in [1.54, 1.807) is 48.5 Å². The van der Waals surface area contributed by atoms with Gasteiger partial charge >= 0.3 is 6.09 Å². The maximum Gasteiger partial charge on any atom is 0.411 e. The van der Waals surface area contributed by atoms with Crippen molar-refractivity contribution in [1.29, 1.82) is 0 Å². The Kier molecular flexibility index (Phi) is 8.08. The SMILES string of the molecule is COc1cccc(C(=O)Nc2cccc(C3OC(=O)N(Cc4ccccc4)C3C(=O)NCC(C)C)c2)c1. The Morgan fingerprint density at radius 2 is 1.76 bits per heavy atom. The summed E-state index contributed by atoms with van der Waals surface area (Å²) in [6, 6.07) is 22.5. The van der Waals surface area contributed by atoms with Gasteiger partial charge in [0.15, 0.2) is 12.1 Å². The van der Waals surface area contributed by atoms with Gasteiger partial charge in [0.2, 0.25) is 5.91 Å². The van der Waals surface area contributed by atoms with Crippen LogP contribution in [0, 0.1) is 5.92 Å². The normalized spacial score (nSPS) is 16.9. The van der Waals surface area contributed by atoms with Gasteiger partial charge in [0, 0.05) is 17.8 Å². The summed E-state index contributed by atoms with van der Waals surface area (Å²) < 4.78 is 10.9. The van der Waals surface area contributed by atoms with E-state index < -0.39 is 18.2 Å². The van der Waals surface area contributed by atoms with E-state index in [1.165, 1.54) is 12.0 Å². The summed E-state index contributed by atoms with van der Waals surface area (Å²) in [5.74, 6) is 0.230. The molecular formula is C29H31N3O5. The van der Waals surface area contributed by atoms with Crippen molar-refractivity contribution in [1.82, 2.24) is 10.2 Å². The molecule has 1 aliphatic rings. The van der Waals surface area contributed by atoms with Crippen molar-refractivity contribution in [2.45, 2.75) is 32.5 Å². The van der Waals surface area contributed by atoms with Crippen LogP contribution < -0.4 is 15.4 Å². The van der Waals surface area contributed by atoms with Crippen LogP contribution in [0.3, 0.4) is 0 Å². The maximum absolute atomic E-state index is 13.3. The summed E-state index contributed by atoms with van der Waals surface area (Å²) in [5.41, 5.74) is 2.46. The van der Waals surface area contributed by atoms with Crippen LogP contribution in [0.4, 0.5) is 10.5 Å². The fourth-order valence-electron chi connectivity index (χ4n) is 4.16. The highest BCUT2D eigenvalue weighted by Crippen LogP contribution is 2.35. The molecule has 1 heterocycles. The third-order valence-corrected chi connectivity index (χ3v) is 6.04. The molecule has 1 aliphatic heterocycles. The average molecular weight is 502 g/mol. The topological polar surface area (TPSA) is 97.0 Å². The van der Waals surface area contributed by atoms with E-state index in [0.29, 0.717) is 29.1 Å². The number of anilines is 1. The molecule has 0 radical (unpaired) electrons. The number of rotatable bonds is 9. The Hall–Kier alpha value is -4.33. The molecule has 2 atom stereocenters. The Balaban J connectivity index is 1.59. The number of methoxy groups -OCH3 is 1.